The van der Waals surface area contributed by atoms with Gasteiger partial charge in [0.05, 0.1) is 11.7 Å². The molecule has 0 radical (unpaired) electrons. The van der Waals surface area contributed by atoms with Crippen molar-refractivity contribution in [2.45, 2.75) is 0 Å². The van der Waals surface area contributed by atoms with Crippen molar-refractivity contribution in [2.75, 3.05) is 11.3 Å². The number of nitrogens with one attached hydrogen (secondary N) is 1. The highest BCUT2D eigenvalue weighted by Crippen LogP contribution is 2.20. The third-order valence-corrected chi connectivity index (χ3v) is 1.29. The number of benzene rings is 1. The van der Waals surface area contributed by atoms with Gasteiger partial charge in [0.2, 0.25) is 0 Å². The molecule has 10 heavy (non-hydrogen) atoms. The van der Waals surface area contributed by atoms with Crippen molar-refractivity contribution < 1.29 is 5.11 Å². The van der Waals surface area contributed by atoms with Crippen LogP contribution in [0.3, 0.4) is 0 Å². The van der Waals surface area contributed by atoms with Crippen LogP contribution in [0.15, 0.2) is 24.3 Å². The van der Waals surface area contributed by atoms with Crippen LogP contribution in [0.5, 0.6) is 5.75 Å². The fourth-order valence-electron chi connectivity index (χ4n) is 0.695. The fourth-order valence-corrected chi connectivity index (χ4v) is 0.839. The molecule has 0 aliphatic carbocycles. The number of halogens is 1. The lowest BCUT2D eigenvalue weighted by molar-refractivity contribution is 0.477. The first-order chi connectivity index (χ1) is 4.84. The van der Waals surface area contributed by atoms with E-state index in [2.05, 4.69) is 5.32 Å². The number of para-hydroxylation sites is 2. The maximum absolute atomic E-state index is 9.12. The maximum Gasteiger partial charge on any atom is 0.138 e. The molecule has 2 N–H and O–H groups in total. The van der Waals surface area contributed by atoms with E-state index in [1.807, 2.05) is 6.07 Å². The molecule has 3 heteroatoms. The number of hydrogen-bond donors (Lipinski definition) is 2. The minimum absolute atomic E-state index is 0.225. The van der Waals surface area contributed by atoms with Crippen LogP contribution in [0.25, 0.3) is 0 Å². The smallest absolute Gasteiger partial charge is 0.138 e. The highest BCUT2D eigenvalue weighted by Gasteiger charge is 1.94. The van der Waals surface area contributed by atoms with E-state index in [4.69, 9.17) is 16.7 Å². The predicted octanol–water partition coefficient (Wildman–Crippen LogP) is 2.00. The SMILES string of the molecule is Oc1ccccc1NCCl. The summed E-state index contributed by atoms with van der Waals surface area (Å²) in [6, 6.07) is 7.26. The van der Waals surface area contributed by atoms with Gasteiger partial charge in [-0.1, -0.05) is 12.1 Å². The number of phenolic OH excluding ortho intramolecular Hbond substituents is 1. The van der Waals surface area contributed by atoms with E-state index in [9.17, 15) is 0 Å². The van der Waals surface area contributed by atoms with Crippen LogP contribution in [0, 0.1) is 0 Å². The molecule has 0 fully saturated rings. The van der Waals surface area contributed by atoms with Gasteiger partial charge >= 0.3 is 0 Å². The summed E-state index contributed by atoms with van der Waals surface area (Å²) in [6.45, 7) is 0. The van der Waals surface area contributed by atoms with Crippen LogP contribution in [-0.2, 0) is 0 Å². The van der Waals surface area contributed by atoms with E-state index in [0.717, 1.165) is 0 Å². The minimum atomic E-state index is 0.225. The molecule has 1 rings (SSSR count). The first-order valence-electron chi connectivity index (χ1n) is 2.92. The van der Waals surface area contributed by atoms with Crippen molar-refractivity contribution in [1.29, 1.82) is 0 Å². The quantitative estimate of drug-likeness (QED) is 0.391. The van der Waals surface area contributed by atoms with E-state index < -0.39 is 0 Å². The summed E-state index contributed by atoms with van der Waals surface area (Å²) < 4.78 is 0. The van der Waals surface area contributed by atoms with E-state index in [1.165, 1.54) is 0 Å². The Hall–Kier alpha value is -0.890. The van der Waals surface area contributed by atoms with Gasteiger partial charge in [0, 0.05) is 0 Å². The molecule has 0 heterocycles. The lowest BCUT2D eigenvalue weighted by atomic mass is 10.3. The third-order valence-electron chi connectivity index (χ3n) is 1.16. The summed E-state index contributed by atoms with van der Waals surface area (Å²) in [7, 11) is 0. The third kappa shape index (κ3) is 1.54. The van der Waals surface area contributed by atoms with Crippen molar-refractivity contribution in [3.8, 4) is 5.75 Å². The van der Waals surface area contributed by atoms with E-state index in [0.29, 0.717) is 11.7 Å². The molecule has 1 aromatic rings. The second-order valence-electron chi connectivity index (χ2n) is 1.83. The maximum atomic E-state index is 9.12. The highest BCUT2D eigenvalue weighted by molar-refractivity contribution is 6.18. The number of hydrogen-bond acceptors (Lipinski definition) is 2. The molecule has 0 spiro atoms. The zero-order valence-electron chi connectivity index (χ0n) is 5.34. The van der Waals surface area contributed by atoms with Gasteiger partial charge in [-0.15, -0.1) is 11.6 Å². The van der Waals surface area contributed by atoms with E-state index in [1.54, 1.807) is 18.2 Å². The first-order valence-corrected chi connectivity index (χ1v) is 3.46. The molecule has 0 aromatic heterocycles. The zero-order chi connectivity index (χ0) is 7.40. The van der Waals surface area contributed by atoms with Gasteiger partial charge in [0.15, 0.2) is 0 Å². The van der Waals surface area contributed by atoms with Crippen molar-refractivity contribution >= 4 is 17.3 Å². The second kappa shape index (κ2) is 3.32. The number of phenols is 1. The summed E-state index contributed by atoms with van der Waals surface area (Å²) in [5.41, 5.74) is 0.664. The summed E-state index contributed by atoms with van der Waals surface area (Å²) in [5.74, 6) is 0.225. The van der Waals surface area contributed by atoms with Gasteiger partial charge in [-0.3, -0.25) is 0 Å². The molecule has 0 amide bonds. The largest absolute Gasteiger partial charge is 0.506 e. The number of aromatic hydroxyl groups is 1. The first kappa shape index (κ1) is 7.22. The van der Waals surface area contributed by atoms with E-state index >= 15 is 0 Å². The van der Waals surface area contributed by atoms with Gasteiger partial charge < -0.3 is 10.4 Å². The summed E-state index contributed by atoms with van der Waals surface area (Å²) in [4.78, 5) is 0. The Labute approximate surface area is 64.4 Å². The minimum Gasteiger partial charge on any atom is -0.506 e. The molecule has 0 saturated carbocycles. The number of anilines is 1. The molecule has 2 nitrogen and oxygen atoms in total. The Morgan fingerprint density at radius 1 is 1.40 bits per heavy atom. The second-order valence-corrected chi connectivity index (χ2v) is 2.09. The summed E-state index contributed by atoms with van der Waals surface area (Å²) >= 11 is 5.39. The van der Waals surface area contributed by atoms with Gasteiger partial charge in [-0.05, 0) is 12.1 Å². The Balaban J connectivity index is 2.81. The standard InChI is InChI=1S/C7H8ClNO/c8-5-9-6-3-1-2-4-7(6)10/h1-4,9-10H,5H2. The fraction of sp³-hybridized carbons (Fsp3) is 0.143. The Morgan fingerprint density at radius 2 is 2.10 bits per heavy atom. The molecule has 0 unspecified atom stereocenters. The van der Waals surface area contributed by atoms with Crippen LogP contribution in [0.2, 0.25) is 0 Å². The Bertz CT molecular complexity index is 215. The van der Waals surface area contributed by atoms with Crippen molar-refractivity contribution in [3.05, 3.63) is 24.3 Å². The molecule has 0 saturated heterocycles. The van der Waals surface area contributed by atoms with Crippen LogP contribution in [0.4, 0.5) is 5.69 Å². The van der Waals surface area contributed by atoms with Gasteiger partial charge in [0.25, 0.3) is 0 Å². The molecule has 0 aliphatic heterocycles. The molecule has 54 valence electrons. The average Bonchev–Trinajstić information content (AvgIpc) is 1.94. The van der Waals surface area contributed by atoms with Crippen molar-refractivity contribution in [2.24, 2.45) is 0 Å². The molecule has 0 aliphatic rings. The number of rotatable bonds is 2. The Morgan fingerprint density at radius 3 is 2.70 bits per heavy atom. The summed E-state index contributed by atoms with van der Waals surface area (Å²) in [6.07, 6.45) is 0. The summed E-state index contributed by atoms with van der Waals surface area (Å²) in [5, 5.41) is 11.9. The van der Waals surface area contributed by atoms with Crippen LogP contribution >= 0.6 is 11.6 Å². The lowest BCUT2D eigenvalue weighted by Crippen LogP contribution is -1.93. The van der Waals surface area contributed by atoms with Gasteiger partial charge in [-0.25, -0.2) is 0 Å². The molecule has 1 aromatic carbocycles. The molecular formula is C7H8ClNO. The van der Waals surface area contributed by atoms with Crippen LogP contribution < -0.4 is 5.32 Å². The van der Waals surface area contributed by atoms with Crippen molar-refractivity contribution in [1.82, 2.24) is 0 Å². The lowest BCUT2D eigenvalue weighted by Gasteiger charge is -2.02. The predicted molar refractivity (Wildman–Crippen MR) is 42.4 cm³/mol. The monoisotopic (exact) mass is 157 g/mol. The van der Waals surface area contributed by atoms with E-state index in [-0.39, 0.29) is 5.75 Å². The van der Waals surface area contributed by atoms with Crippen molar-refractivity contribution in [3.63, 3.8) is 0 Å². The number of alkyl halides is 1. The Kier molecular flexibility index (Phi) is 2.40. The zero-order valence-corrected chi connectivity index (χ0v) is 6.10. The average molecular weight is 158 g/mol. The van der Waals surface area contributed by atoms with Gasteiger partial charge in [-0.2, -0.15) is 0 Å². The van der Waals surface area contributed by atoms with Gasteiger partial charge in [0.1, 0.15) is 5.75 Å². The normalized spacial score (nSPS) is 9.30. The van der Waals surface area contributed by atoms with Crippen LogP contribution in [0.1, 0.15) is 0 Å². The molecule has 0 atom stereocenters. The van der Waals surface area contributed by atoms with Crippen LogP contribution in [-0.4, -0.2) is 11.1 Å². The molecule has 0 bridgehead atoms. The topological polar surface area (TPSA) is 32.3 Å². The molecular weight excluding hydrogens is 150 g/mol. The highest BCUT2D eigenvalue weighted by atomic mass is 35.5.